The number of carbonyl (C=O) groups is 1. The summed E-state index contributed by atoms with van der Waals surface area (Å²) in [6.07, 6.45) is 11.6. The lowest BCUT2D eigenvalue weighted by atomic mass is 10.4. The van der Waals surface area contributed by atoms with Gasteiger partial charge in [0, 0.05) is 26.4 Å². The summed E-state index contributed by atoms with van der Waals surface area (Å²) in [6, 6.07) is 0. The highest BCUT2D eigenvalue weighted by Gasteiger charge is 1.82. The second-order valence-electron chi connectivity index (χ2n) is 2.67. The monoisotopic (exact) mass is 220 g/mol. The Morgan fingerprint density at radius 1 is 1.44 bits per heavy atom. The third kappa shape index (κ3) is 8.43. The SMILES string of the molecule is C=C/C=C\C=C\C(=O)NC.Cn1ccnn1. The quantitative estimate of drug-likeness (QED) is 0.606. The van der Waals surface area contributed by atoms with Gasteiger partial charge in [-0.3, -0.25) is 9.48 Å². The zero-order chi connectivity index (χ0) is 12.2. The molecule has 16 heavy (non-hydrogen) atoms. The predicted molar refractivity (Wildman–Crippen MR) is 63.5 cm³/mol. The lowest BCUT2D eigenvalue weighted by Crippen LogP contribution is -2.13. The zero-order valence-corrected chi connectivity index (χ0v) is 9.50. The van der Waals surface area contributed by atoms with E-state index in [2.05, 4.69) is 22.2 Å². The number of aryl methyl sites for hydroxylation is 1. The van der Waals surface area contributed by atoms with Gasteiger partial charge in [-0.1, -0.05) is 36.1 Å². The van der Waals surface area contributed by atoms with Gasteiger partial charge in [0.2, 0.25) is 5.91 Å². The fourth-order valence-corrected chi connectivity index (χ4v) is 0.636. The van der Waals surface area contributed by atoms with Gasteiger partial charge >= 0.3 is 0 Å². The maximum Gasteiger partial charge on any atom is 0.243 e. The molecule has 0 aliphatic carbocycles. The van der Waals surface area contributed by atoms with Crippen molar-refractivity contribution in [2.75, 3.05) is 7.05 Å². The van der Waals surface area contributed by atoms with Crippen LogP contribution in [0.1, 0.15) is 0 Å². The summed E-state index contributed by atoms with van der Waals surface area (Å²) in [4.78, 5) is 10.5. The number of amides is 1. The number of nitrogens with one attached hydrogen (secondary N) is 1. The van der Waals surface area contributed by atoms with Crippen molar-refractivity contribution in [1.29, 1.82) is 0 Å². The summed E-state index contributed by atoms with van der Waals surface area (Å²) in [5, 5.41) is 9.57. The normalized spacial score (nSPS) is 9.88. The fraction of sp³-hybridized carbons (Fsp3) is 0.182. The third-order valence-electron chi connectivity index (χ3n) is 1.39. The number of likely N-dealkylation sites (N-methyl/N-ethyl adjacent to an activating group) is 1. The molecule has 0 aliphatic rings. The van der Waals surface area contributed by atoms with Crippen molar-refractivity contribution in [2.24, 2.45) is 7.05 Å². The number of carbonyl (C=O) groups excluding carboxylic acids is 1. The molecule has 1 rings (SSSR count). The molecule has 1 heterocycles. The van der Waals surface area contributed by atoms with Crippen molar-refractivity contribution >= 4 is 5.91 Å². The van der Waals surface area contributed by atoms with Crippen molar-refractivity contribution in [3.05, 3.63) is 49.4 Å². The van der Waals surface area contributed by atoms with Crippen LogP contribution in [0.25, 0.3) is 0 Å². The minimum absolute atomic E-state index is 0.103. The second kappa shape index (κ2) is 9.39. The van der Waals surface area contributed by atoms with Crippen LogP contribution >= 0.6 is 0 Å². The van der Waals surface area contributed by atoms with E-state index in [1.807, 2.05) is 7.05 Å². The number of allylic oxidation sites excluding steroid dienone is 4. The maximum absolute atomic E-state index is 10.5. The topological polar surface area (TPSA) is 59.8 Å². The zero-order valence-electron chi connectivity index (χ0n) is 9.50. The Bertz CT molecular complexity index is 352. The van der Waals surface area contributed by atoms with E-state index in [1.165, 1.54) is 6.08 Å². The van der Waals surface area contributed by atoms with Gasteiger partial charge in [-0.05, 0) is 0 Å². The summed E-state index contributed by atoms with van der Waals surface area (Å²) in [6.45, 7) is 3.48. The molecular weight excluding hydrogens is 204 g/mol. The van der Waals surface area contributed by atoms with Crippen LogP contribution in [0.3, 0.4) is 0 Å². The van der Waals surface area contributed by atoms with Crippen LogP contribution in [0.5, 0.6) is 0 Å². The molecule has 0 saturated carbocycles. The molecule has 0 aromatic carbocycles. The number of hydrogen-bond donors (Lipinski definition) is 1. The molecule has 1 N–H and O–H groups in total. The standard InChI is InChI=1S/C8H11NO.C3H5N3/c1-3-4-5-6-7-8(10)9-2;1-6-3-2-4-5-6/h3-7H,1H2,2H3,(H,9,10);2-3H,1H3/b5-4-,7-6+;. The van der Waals surface area contributed by atoms with E-state index in [0.717, 1.165) is 0 Å². The minimum Gasteiger partial charge on any atom is -0.356 e. The molecule has 0 saturated heterocycles. The molecule has 5 nitrogen and oxygen atoms in total. The van der Waals surface area contributed by atoms with E-state index in [-0.39, 0.29) is 5.91 Å². The number of nitrogens with zero attached hydrogens (tertiary/aromatic N) is 3. The van der Waals surface area contributed by atoms with E-state index in [0.29, 0.717) is 0 Å². The van der Waals surface area contributed by atoms with Gasteiger partial charge in [0.25, 0.3) is 0 Å². The molecule has 0 fully saturated rings. The second-order valence-corrected chi connectivity index (χ2v) is 2.67. The van der Waals surface area contributed by atoms with Crippen molar-refractivity contribution in [3.8, 4) is 0 Å². The largest absolute Gasteiger partial charge is 0.356 e. The van der Waals surface area contributed by atoms with Gasteiger partial charge in [0.05, 0.1) is 6.20 Å². The van der Waals surface area contributed by atoms with E-state index in [9.17, 15) is 4.79 Å². The Labute approximate surface area is 95.2 Å². The maximum atomic E-state index is 10.5. The summed E-state index contributed by atoms with van der Waals surface area (Å²) in [5.74, 6) is -0.103. The van der Waals surface area contributed by atoms with Gasteiger partial charge in [-0.15, -0.1) is 5.10 Å². The van der Waals surface area contributed by atoms with Crippen molar-refractivity contribution in [3.63, 3.8) is 0 Å². The van der Waals surface area contributed by atoms with E-state index in [4.69, 9.17) is 0 Å². The third-order valence-corrected chi connectivity index (χ3v) is 1.39. The van der Waals surface area contributed by atoms with Crippen LogP contribution in [-0.2, 0) is 11.8 Å². The first-order valence-corrected chi connectivity index (χ1v) is 4.68. The molecule has 0 radical (unpaired) electrons. The first-order chi connectivity index (χ1) is 7.70. The molecule has 1 aromatic heterocycles. The van der Waals surface area contributed by atoms with Crippen LogP contribution in [0.15, 0.2) is 49.4 Å². The van der Waals surface area contributed by atoms with E-state index >= 15 is 0 Å². The minimum atomic E-state index is -0.103. The number of aromatic nitrogens is 3. The Kier molecular flexibility index (Phi) is 8.11. The average molecular weight is 220 g/mol. The summed E-state index contributed by atoms with van der Waals surface area (Å²) in [5.41, 5.74) is 0. The highest BCUT2D eigenvalue weighted by molar-refractivity contribution is 5.87. The Morgan fingerprint density at radius 2 is 2.19 bits per heavy atom. The van der Waals surface area contributed by atoms with Gasteiger partial charge < -0.3 is 5.32 Å². The van der Waals surface area contributed by atoms with Crippen LogP contribution in [0.4, 0.5) is 0 Å². The molecular formula is C11H16N4O. The van der Waals surface area contributed by atoms with Crippen LogP contribution in [0.2, 0.25) is 0 Å². The van der Waals surface area contributed by atoms with Crippen LogP contribution in [-0.4, -0.2) is 27.9 Å². The van der Waals surface area contributed by atoms with Gasteiger partial charge in [-0.2, -0.15) is 0 Å². The van der Waals surface area contributed by atoms with E-state index < -0.39 is 0 Å². The summed E-state index contributed by atoms with van der Waals surface area (Å²) < 4.78 is 1.64. The molecule has 86 valence electrons. The van der Waals surface area contributed by atoms with Crippen molar-refractivity contribution < 1.29 is 4.79 Å². The smallest absolute Gasteiger partial charge is 0.243 e. The Morgan fingerprint density at radius 3 is 2.56 bits per heavy atom. The molecule has 0 unspecified atom stereocenters. The first-order valence-electron chi connectivity index (χ1n) is 4.68. The highest BCUT2D eigenvalue weighted by Crippen LogP contribution is 1.77. The van der Waals surface area contributed by atoms with Gasteiger partial charge in [0.1, 0.15) is 0 Å². The lowest BCUT2D eigenvalue weighted by molar-refractivity contribution is -0.116. The summed E-state index contributed by atoms with van der Waals surface area (Å²) in [7, 11) is 3.41. The van der Waals surface area contributed by atoms with Crippen molar-refractivity contribution in [2.45, 2.75) is 0 Å². The predicted octanol–water partition coefficient (Wildman–Crippen LogP) is 0.846. The molecule has 0 bridgehead atoms. The van der Waals surface area contributed by atoms with Crippen LogP contribution < -0.4 is 5.32 Å². The average Bonchev–Trinajstić information content (AvgIpc) is 2.76. The van der Waals surface area contributed by atoms with Crippen LogP contribution in [0, 0.1) is 0 Å². The Balaban J connectivity index is 0.000000315. The number of hydrogen-bond acceptors (Lipinski definition) is 3. The highest BCUT2D eigenvalue weighted by atomic mass is 16.1. The Hall–Kier alpha value is -2.17. The van der Waals surface area contributed by atoms with Crippen molar-refractivity contribution in [1.82, 2.24) is 20.3 Å². The fourth-order valence-electron chi connectivity index (χ4n) is 0.636. The first kappa shape index (κ1) is 13.8. The van der Waals surface area contributed by atoms with Gasteiger partial charge in [-0.25, -0.2) is 0 Å². The molecule has 1 amide bonds. The molecule has 0 spiro atoms. The number of rotatable bonds is 3. The molecule has 5 heteroatoms. The summed E-state index contributed by atoms with van der Waals surface area (Å²) >= 11 is 0. The molecule has 0 atom stereocenters. The van der Waals surface area contributed by atoms with E-state index in [1.54, 1.807) is 48.4 Å². The van der Waals surface area contributed by atoms with Gasteiger partial charge in [0.15, 0.2) is 0 Å². The lowest BCUT2D eigenvalue weighted by Gasteiger charge is -1.85. The molecule has 1 aromatic rings. The molecule has 0 aliphatic heterocycles.